The van der Waals surface area contributed by atoms with E-state index in [1.807, 2.05) is 30.3 Å². The van der Waals surface area contributed by atoms with Crippen molar-refractivity contribution in [2.75, 3.05) is 0 Å². The molecule has 0 fully saturated rings. The summed E-state index contributed by atoms with van der Waals surface area (Å²) in [7, 11) is 1.70. The summed E-state index contributed by atoms with van der Waals surface area (Å²) in [6, 6.07) is 20.2. The van der Waals surface area contributed by atoms with E-state index in [0.29, 0.717) is 27.9 Å². The van der Waals surface area contributed by atoms with Gasteiger partial charge in [-0.15, -0.1) is 15.3 Å². The van der Waals surface area contributed by atoms with Crippen molar-refractivity contribution >= 4 is 17.3 Å². The first-order valence-corrected chi connectivity index (χ1v) is 11.0. The van der Waals surface area contributed by atoms with Gasteiger partial charge in [-0.25, -0.2) is 9.07 Å². The highest BCUT2D eigenvalue weighted by atomic mass is 35.5. The number of para-hydroxylation sites is 1. The van der Waals surface area contributed by atoms with Crippen molar-refractivity contribution in [3.8, 4) is 23.0 Å². The van der Waals surface area contributed by atoms with Gasteiger partial charge in [0.2, 0.25) is 11.7 Å². The van der Waals surface area contributed by atoms with Crippen molar-refractivity contribution in [3.05, 3.63) is 101 Å². The fourth-order valence-electron chi connectivity index (χ4n) is 3.21. The second-order valence-electron chi connectivity index (χ2n) is 7.38. The van der Waals surface area contributed by atoms with E-state index >= 15 is 0 Å². The average molecular weight is 506 g/mol. The van der Waals surface area contributed by atoms with Gasteiger partial charge in [0.15, 0.2) is 23.9 Å². The van der Waals surface area contributed by atoms with Crippen molar-refractivity contribution in [1.29, 1.82) is 0 Å². The Hall–Kier alpha value is -4.64. The molecule has 0 aliphatic rings. The molecule has 0 aliphatic carbocycles. The monoisotopic (exact) mass is 505 g/mol. The quantitative estimate of drug-likeness (QED) is 0.218. The Balaban J connectivity index is 1.30. The van der Waals surface area contributed by atoms with E-state index in [-0.39, 0.29) is 24.1 Å². The number of rotatable bonds is 8. The first-order valence-electron chi connectivity index (χ1n) is 10.6. The maximum absolute atomic E-state index is 13.8. The highest BCUT2D eigenvalue weighted by Gasteiger charge is 2.17. The summed E-state index contributed by atoms with van der Waals surface area (Å²) in [4.78, 5) is 5.49. The molecule has 0 N–H and O–H groups in total. The molecule has 0 radical (unpaired) electrons. The van der Waals surface area contributed by atoms with Gasteiger partial charge in [0.05, 0.1) is 10.6 Å². The Morgan fingerprint density at radius 2 is 1.83 bits per heavy atom. The lowest BCUT2D eigenvalue weighted by Gasteiger charge is -2.08. The number of aromatic nitrogens is 6. The minimum Gasteiger partial charge on any atom is -0.454 e. The fraction of sp³-hybridized carbons (Fsp3) is 0.0833. The van der Waals surface area contributed by atoms with Crippen LogP contribution in [-0.4, -0.2) is 36.1 Å². The Labute approximate surface area is 208 Å². The Morgan fingerprint density at radius 3 is 2.58 bits per heavy atom. The molecule has 0 saturated heterocycles. The van der Waals surface area contributed by atoms with Gasteiger partial charge in [-0.3, -0.25) is 0 Å². The second-order valence-corrected chi connectivity index (χ2v) is 7.79. The maximum Gasteiger partial charge on any atom is 0.257 e. The third-order valence-corrected chi connectivity index (χ3v) is 5.24. The molecule has 5 rings (SSSR count). The standard InChI is InChI=1S/C24H17ClFN7O3/c1-33-23(28-31-32-33)22(15-7-3-2-4-8-15)30-34-14-21-27-29-24(36-21)17-12-11-16(13-18(17)25)35-20-10-6-5-9-19(20)26/h2-13H,14H2,1H3/b30-22-. The summed E-state index contributed by atoms with van der Waals surface area (Å²) in [6.45, 7) is -0.0965. The van der Waals surface area contributed by atoms with Crippen LogP contribution in [0.3, 0.4) is 0 Å². The molecule has 2 aromatic heterocycles. The fourth-order valence-corrected chi connectivity index (χ4v) is 3.46. The van der Waals surface area contributed by atoms with Crippen LogP contribution in [-0.2, 0) is 18.5 Å². The van der Waals surface area contributed by atoms with E-state index in [0.717, 1.165) is 5.56 Å². The molecular formula is C24H17ClFN7O3. The number of benzene rings is 3. The van der Waals surface area contributed by atoms with E-state index in [4.69, 9.17) is 25.6 Å². The smallest absolute Gasteiger partial charge is 0.257 e. The number of hydrogen-bond donors (Lipinski definition) is 0. The number of oxime groups is 1. The molecule has 0 bridgehead atoms. The van der Waals surface area contributed by atoms with Gasteiger partial charge in [0, 0.05) is 18.7 Å². The minimum absolute atomic E-state index is 0.0890. The molecule has 2 heterocycles. The third-order valence-electron chi connectivity index (χ3n) is 4.93. The van der Waals surface area contributed by atoms with Crippen molar-refractivity contribution in [1.82, 2.24) is 30.4 Å². The Morgan fingerprint density at radius 1 is 1.03 bits per heavy atom. The highest BCUT2D eigenvalue weighted by Crippen LogP contribution is 2.33. The van der Waals surface area contributed by atoms with Gasteiger partial charge in [0.25, 0.3) is 5.89 Å². The summed E-state index contributed by atoms with van der Waals surface area (Å²) in [5.74, 6) is 0.759. The van der Waals surface area contributed by atoms with Crippen LogP contribution in [0.2, 0.25) is 5.02 Å². The van der Waals surface area contributed by atoms with Crippen LogP contribution in [0.5, 0.6) is 11.5 Å². The van der Waals surface area contributed by atoms with E-state index in [2.05, 4.69) is 30.9 Å². The lowest BCUT2D eigenvalue weighted by Crippen LogP contribution is -2.12. The number of aryl methyl sites for hydroxylation is 1. The van der Waals surface area contributed by atoms with Crippen LogP contribution < -0.4 is 4.74 Å². The zero-order valence-corrected chi connectivity index (χ0v) is 19.5. The van der Waals surface area contributed by atoms with Crippen molar-refractivity contribution in [2.45, 2.75) is 6.61 Å². The molecule has 0 unspecified atom stereocenters. The van der Waals surface area contributed by atoms with E-state index in [9.17, 15) is 4.39 Å². The molecule has 0 saturated carbocycles. The summed E-state index contributed by atoms with van der Waals surface area (Å²) in [6.07, 6.45) is 0. The number of hydrogen-bond acceptors (Lipinski definition) is 9. The second kappa shape index (κ2) is 10.3. The predicted octanol–water partition coefficient (Wildman–Crippen LogP) is 4.81. The van der Waals surface area contributed by atoms with E-state index in [1.165, 1.54) is 22.9 Å². The molecule has 0 aliphatic heterocycles. The van der Waals surface area contributed by atoms with Crippen LogP contribution >= 0.6 is 11.6 Å². The lowest BCUT2D eigenvalue weighted by atomic mass is 10.1. The first-order chi connectivity index (χ1) is 17.6. The molecule has 0 atom stereocenters. The van der Waals surface area contributed by atoms with Crippen molar-refractivity contribution in [2.24, 2.45) is 12.2 Å². The van der Waals surface area contributed by atoms with Crippen LogP contribution in [0.15, 0.2) is 82.4 Å². The number of halogens is 2. The van der Waals surface area contributed by atoms with Gasteiger partial charge in [-0.05, 0) is 34.7 Å². The first kappa shape index (κ1) is 23.1. The molecular weight excluding hydrogens is 489 g/mol. The molecule has 180 valence electrons. The number of tetrazole rings is 1. The zero-order valence-electron chi connectivity index (χ0n) is 18.7. The van der Waals surface area contributed by atoms with Gasteiger partial charge in [-0.2, -0.15) is 0 Å². The molecule has 12 heteroatoms. The minimum atomic E-state index is -0.479. The molecule has 10 nitrogen and oxygen atoms in total. The van der Waals surface area contributed by atoms with Crippen molar-refractivity contribution in [3.63, 3.8) is 0 Å². The largest absolute Gasteiger partial charge is 0.454 e. The molecule has 0 spiro atoms. The molecule has 36 heavy (non-hydrogen) atoms. The van der Waals surface area contributed by atoms with Gasteiger partial charge >= 0.3 is 0 Å². The summed E-state index contributed by atoms with van der Waals surface area (Å²) in [5, 5.41) is 24.0. The third kappa shape index (κ3) is 5.05. The topological polar surface area (TPSA) is 113 Å². The average Bonchev–Trinajstić information content (AvgIpc) is 3.53. The zero-order chi connectivity index (χ0) is 24.9. The Kier molecular flexibility index (Phi) is 6.63. The van der Waals surface area contributed by atoms with Crippen LogP contribution in [0.25, 0.3) is 11.5 Å². The van der Waals surface area contributed by atoms with Gasteiger partial charge < -0.3 is 14.0 Å². The highest BCUT2D eigenvalue weighted by molar-refractivity contribution is 6.33. The van der Waals surface area contributed by atoms with Crippen LogP contribution in [0.4, 0.5) is 4.39 Å². The van der Waals surface area contributed by atoms with Crippen molar-refractivity contribution < 1.29 is 18.4 Å². The lowest BCUT2D eigenvalue weighted by molar-refractivity contribution is 0.111. The van der Waals surface area contributed by atoms with Gasteiger partial charge in [-0.1, -0.05) is 59.2 Å². The maximum atomic E-state index is 13.8. The SMILES string of the molecule is Cn1nnnc1/C(=N\OCc1nnc(-c2ccc(Oc3ccccc3F)cc2Cl)o1)c1ccccc1. The summed E-state index contributed by atoms with van der Waals surface area (Å²) in [5.41, 5.74) is 1.69. The van der Waals surface area contributed by atoms with Crippen LogP contribution in [0, 0.1) is 5.82 Å². The van der Waals surface area contributed by atoms with E-state index < -0.39 is 5.82 Å². The van der Waals surface area contributed by atoms with Gasteiger partial charge in [0.1, 0.15) is 5.75 Å². The summed E-state index contributed by atoms with van der Waals surface area (Å²) >= 11 is 6.39. The predicted molar refractivity (Wildman–Crippen MR) is 127 cm³/mol. The number of ether oxygens (including phenoxy) is 1. The molecule has 5 aromatic rings. The van der Waals surface area contributed by atoms with Crippen LogP contribution in [0.1, 0.15) is 17.3 Å². The number of nitrogens with zero attached hydrogens (tertiary/aromatic N) is 7. The van der Waals surface area contributed by atoms with E-state index in [1.54, 1.807) is 31.3 Å². The molecule has 3 aromatic carbocycles. The normalized spacial score (nSPS) is 11.5. The Bertz CT molecular complexity index is 1520. The summed E-state index contributed by atoms with van der Waals surface area (Å²) < 4.78 is 26.6. The molecule has 0 amide bonds.